The molecule has 0 heterocycles. The summed E-state index contributed by atoms with van der Waals surface area (Å²) in [5.74, 6) is 0.587. The summed E-state index contributed by atoms with van der Waals surface area (Å²) < 4.78 is 0. The quantitative estimate of drug-likeness (QED) is 0.766. The molecule has 106 valence electrons. The Bertz CT molecular complexity index is 276. The molecular weight excluding hydrogens is 226 g/mol. The molecule has 0 spiro atoms. The Hall–Kier alpha value is -0.570. The Kier molecular flexibility index (Phi) is 5.20. The van der Waals surface area contributed by atoms with E-state index in [4.69, 9.17) is 0 Å². The summed E-state index contributed by atoms with van der Waals surface area (Å²) >= 11 is 0. The predicted octanol–water partition coefficient (Wildman–Crippen LogP) is 2.87. The number of hydrogen-bond acceptors (Lipinski definition) is 2. The van der Waals surface area contributed by atoms with E-state index in [9.17, 15) is 9.90 Å². The zero-order valence-electron chi connectivity index (χ0n) is 12.4. The van der Waals surface area contributed by atoms with Crippen LogP contribution in [0.2, 0.25) is 0 Å². The SMILES string of the molecule is CCC(O)(CC)CNC(=O)C(C)(C)C1CCCC1. The van der Waals surface area contributed by atoms with Crippen molar-refractivity contribution in [3.05, 3.63) is 0 Å². The van der Waals surface area contributed by atoms with Crippen molar-refractivity contribution in [3.8, 4) is 0 Å². The van der Waals surface area contributed by atoms with Crippen LogP contribution < -0.4 is 5.32 Å². The van der Waals surface area contributed by atoms with Crippen LogP contribution in [0.3, 0.4) is 0 Å². The fourth-order valence-corrected chi connectivity index (χ4v) is 2.81. The molecule has 0 aromatic carbocycles. The summed E-state index contributed by atoms with van der Waals surface area (Å²) in [6.07, 6.45) is 6.16. The normalized spacial score (nSPS) is 18.1. The van der Waals surface area contributed by atoms with Crippen LogP contribution in [-0.2, 0) is 4.79 Å². The smallest absolute Gasteiger partial charge is 0.226 e. The van der Waals surface area contributed by atoms with Crippen molar-refractivity contribution in [2.24, 2.45) is 11.3 Å². The van der Waals surface area contributed by atoms with Gasteiger partial charge in [-0.1, -0.05) is 40.5 Å². The highest BCUT2D eigenvalue weighted by atomic mass is 16.3. The average molecular weight is 255 g/mol. The number of carbonyl (C=O) groups excluding carboxylic acids is 1. The van der Waals surface area contributed by atoms with Gasteiger partial charge in [0.25, 0.3) is 0 Å². The van der Waals surface area contributed by atoms with Gasteiger partial charge in [0, 0.05) is 12.0 Å². The molecule has 0 atom stereocenters. The van der Waals surface area contributed by atoms with E-state index >= 15 is 0 Å². The molecule has 1 amide bonds. The number of hydrogen-bond donors (Lipinski definition) is 2. The first-order valence-electron chi connectivity index (χ1n) is 7.36. The second kappa shape index (κ2) is 6.05. The largest absolute Gasteiger partial charge is 0.388 e. The minimum atomic E-state index is -0.749. The first-order chi connectivity index (χ1) is 8.35. The molecule has 0 bridgehead atoms. The maximum atomic E-state index is 12.3. The maximum Gasteiger partial charge on any atom is 0.226 e. The molecule has 0 aromatic rings. The fraction of sp³-hybridized carbons (Fsp3) is 0.933. The maximum absolute atomic E-state index is 12.3. The van der Waals surface area contributed by atoms with E-state index in [0.29, 0.717) is 25.3 Å². The van der Waals surface area contributed by atoms with Gasteiger partial charge in [-0.15, -0.1) is 0 Å². The Balaban J connectivity index is 2.53. The van der Waals surface area contributed by atoms with Gasteiger partial charge in [0.2, 0.25) is 5.91 Å². The molecule has 0 aliphatic heterocycles. The lowest BCUT2D eigenvalue weighted by Gasteiger charge is -2.32. The van der Waals surface area contributed by atoms with Crippen LogP contribution in [0, 0.1) is 11.3 Å². The van der Waals surface area contributed by atoms with E-state index in [1.165, 1.54) is 12.8 Å². The summed E-state index contributed by atoms with van der Waals surface area (Å²) in [5, 5.41) is 13.1. The Morgan fingerprint density at radius 2 is 1.72 bits per heavy atom. The van der Waals surface area contributed by atoms with E-state index in [-0.39, 0.29) is 11.3 Å². The molecule has 2 N–H and O–H groups in total. The minimum Gasteiger partial charge on any atom is -0.388 e. The summed E-state index contributed by atoms with van der Waals surface area (Å²) in [6, 6.07) is 0. The Labute approximate surface area is 111 Å². The summed E-state index contributed by atoms with van der Waals surface area (Å²) in [7, 11) is 0. The first-order valence-corrected chi connectivity index (χ1v) is 7.36. The van der Waals surface area contributed by atoms with Gasteiger partial charge in [-0.3, -0.25) is 4.79 Å². The summed E-state index contributed by atoms with van der Waals surface area (Å²) in [6.45, 7) is 8.36. The van der Waals surface area contributed by atoms with E-state index in [2.05, 4.69) is 5.32 Å². The molecule has 0 saturated heterocycles. The molecule has 1 aliphatic rings. The van der Waals surface area contributed by atoms with Crippen LogP contribution in [0.5, 0.6) is 0 Å². The molecule has 0 unspecified atom stereocenters. The van der Waals surface area contributed by atoms with Crippen LogP contribution >= 0.6 is 0 Å². The van der Waals surface area contributed by atoms with Gasteiger partial charge < -0.3 is 10.4 Å². The van der Waals surface area contributed by atoms with Crippen molar-refractivity contribution >= 4 is 5.91 Å². The zero-order valence-corrected chi connectivity index (χ0v) is 12.4. The number of amides is 1. The van der Waals surface area contributed by atoms with Crippen LogP contribution in [0.25, 0.3) is 0 Å². The predicted molar refractivity (Wildman–Crippen MR) is 74.3 cm³/mol. The standard InChI is InChI=1S/C15H29NO2/c1-5-15(18,6-2)11-16-13(17)14(3,4)12-9-7-8-10-12/h12,18H,5-11H2,1-4H3,(H,16,17). The number of carbonyl (C=O) groups is 1. The Morgan fingerprint density at radius 3 is 2.17 bits per heavy atom. The van der Waals surface area contributed by atoms with Crippen LogP contribution in [0.4, 0.5) is 0 Å². The van der Waals surface area contributed by atoms with Crippen LogP contribution in [0.15, 0.2) is 0 Å². The van der Waals surface area contributed by atoms with Crippen molar-refractivity contribution < 1.29 is 9.90 Å². The van der Waals surface area contributed by atoms with Crippen molar-refractivity contribution in [2.75, 3.05) is 6.54 Å². The molecule has 3 heteroatoms. The highest BCUT2D eigenvalue weighted by Gasteiger charge is 2.38. The highest BCUT2D eigenvalue weighted by Crippen LogP contribution is 2.39. The van der Waals surface area contributed by atoms with Gasteiger partial charge in [-0.05, 0) is 31.6 Å². The van der Waals surface area contributed by atoms with Gasteiger partial charge in [-0.2, -0.15) is 0 Å². The van der Waals surface area contributed by atoms with Crippen molar-refractivity contribution in [1.82, 2.24) is 5.32 Å². The van der Waals surface area contributed by atoms with E-state index in [0.717, 1.165) is 12.8 Å². The van der Waals surface area contributed by atoms with Gasteiger partial charge in [0.05, 0.1) is 5.60 Å². The molecular formula is C15H29NO2. The van der Waals surface area contributed by atoms with E-state index < -0.39 is 5.60 Å². The van der Waals surface area contributed by atoms with Crippen molar-refractivity contribution in [2.45, 2.75) is 71.8 Å². The van der Waals surface area contributed by atoms with E-state index in [1.54, 1.807) is 0 Å². The monoisotopic (exact) mass is 255 g/mol. The number of nitrogens with one attached hydrogen (secondary N) is 1. The number of aliphatic hydroxyl groups is 1. The minimum absolute atomic E-state index is 0.0923. The zero-order chi connectivity index (χ0) is 13.8. The van der Waals surface area contributed by atoms with Gasteiger partial charge in [-0.25, -0.2) is 0 Å². The van der Waals surface area contributed by atoms with Gasteiger partial charge in [0.15, 0.2) is 0 Å². The Morgan fingerprint density at radius 1 is 1.22 bits per heavy atom. The third-order valence-corrected chi connectivity index (χ3v) is 4.86. The van der Waals surface area contributed by atoms with Gasteiger partial charge >= 0.3 is 0 Å². The molecule has 1 saturated carbocycles. The van der Waals surface area contributed by atoms with Crippen molar-refractivity contribution in [1.29, 1.82) is 0 Å². The lowest BCUT2D eigenvalue weighted by molar-refractivity contribution is -0.133. The second-order valence-corrected chi connectivity index (χ2v) is 6.32. The fourth-order valence-electron chi connectivity index (χ4n) is 2.81. The third-order valence-electron chi connectivity index (χ3n) is 4.86. The lowest BCUT2D eigenvalue weighted by Crippen LogP contribution is -2.48. The van der Waals surface area contributed by atoms with Crippen molar-refractivity contribution in [3.63, 3.8) is 0 Å². The van der Waals surface area contributed by atoms with Gasteiger partial charge in [0.1, 0.15) is 0 Å². The average Bonchev–Trinajstić information content (AvgIpc) is 2.89. The highest BCUT2D eigenvalue weighted by molar-refractivity contribution is 5.82. The molecule has 0 radical (unpaired) electrons. The van der Waals surface area contributed by atoms with E-state index in [1.807, 2.05) is 27.7 Å². The summed E-state index contributed by atoms with van der Waals surface area (Å²) in [5.41, 5.74) is -1.06. The molecule has 1 aliphatic carbocycles. The second-order valence-electron chi connectivity index (χ2n) is 6.32. The molecule has 1 fully saturated rings. The molecule has 1 rings (SSSR count). The van der Waals surface area contributed by atoms with Crippen LogP contribution in [0.1, 0.15) is 66.2 Å². The summed E-state index contributed by atoms with van der Waals surface area (Å²) in [4.78, 5) is 12.3. The third kappa shape index (κ3) is 3.47. The molecule has 18 heavy (non-hydrogen) atoms. The first kappa shape index (κ1) is 15.5. The molecule has 0 aromatic heterocycles. The topological polar surface area (TPSA) is 49.3 Å². The lowest BCUT2D eigenvalue weighted by atomic mass is 9.77. The van der Waals surface area contributed by atoms with Crippen LogP contribution in [-0.4, -0.2) is 23.2 Å². The number of rotatable bonds is 6. The molecule has 3 nitrogen and oxygen atoms in total.